The molecule has 2 heterocycles. The van der Waals surface area contributed by atoms with Crippen molar-refractivity contribution in [2.45, 2.75) is 25.0 Å². The fourth-order valence-electron chi connectivity index (χ4n) is 3.37. The Labute approximate surface area is 118 Å². The molecule has 1 aromatic carbocycles. The molecule has 0 bridgehead atoms. The van der Waals surface area contributed by atoms with Crippen molar-refractivity contribution < 1.29 is 9.59 Å². The smallest absolute Gasteiger partial charge is 0.251 e. The topological polar surface area (TPSA) is 66.6 Å². The summed E-state index contributed by atoms with van der Waals surface area (Å²) in [6.45, 7) is 3.05. The van der Waals surface area contributed by atoms with E-state index in [-0.39, 0.29) is 17.7 Å². The number of rotatable bonds is 2. The molecule has 0 aromatic heterocycles. The highest BCUT2D eigenvalue weighted by atomic mass is 16.2. The van der Waals surface area contributed by atoms with E-state index in [0.29, 0.717) is 13.1 Å². The molecule has 3 atom stereocenters. The molecule has 2 fully saturated rings. The highest BCUT2D eigenvalue weighted by Gasteiger charge is 2.65. The van der Waals surface area contributed by atoms with Crippen LogP contribution >= 0.6 is 0 Å². The van der Waals surface area contributed by atoms with Crippen molar-refractivity contribution in [2.24, 2.45) is 11.7 Å². The summed E-state index contributed by atoms with van der Waals surface area (Å²) < 4.78 is 0. The van der Waals surface area contributed by atoms with Gasteiger partial charge in [0.25, 0.3) is 5.91 Å². The predicted octanol–water partition coefficient (Wildman–Crippen LogP) is 0.203. The Bertz CT molecular complexity index is 559. The summed E-state index contributed by atoms with van der Waals surface area (Å²) in [4.78, 5) is 27.9. The first-order valence-electron chi connectivity index (χ1n) is 6.85. The van der Waals surface area contributed by atoms with Gasteiger partial charge in [0.2, 0.25) is 5.91 Å². The maximum Gasteiger partial charge on any atom is 0.251 e. The van der Waals surface area contributed by atoms with Gasteiger partial charge in [0.1, 0.15) is 5.54 Å². The molecule has 3 rings (SSSR count). The van der Waals surface area contributed by atoms with Gasteiger partial charge >= 0.3 is 0 Å². The quantitative estimate of drug-likeness (QED) is 0.783. The van der Waals surface area contributed by atoms with Gasteiger partial charge in [-0.2, -0.15) is 0 Å². The van der Waals surface area contributed by atoms with Crippen LogP contribution in [0.4, 0.5) is 0 Å². The fourth-order valence-corrected chi connectivity index (χ4v) is 3.37. The number of nitrogens with two attached hydrogens (primary N) is 1. The molecule has 2 aliphatic rings. The van der Waals surface area contributed by atoms with Crippen molar-refractivity contribution in [1.82, 2.24) is 9.80 Å². The van der Waals surface area contributed by atoms with Gasteiger partial charge in [0.05, 0.1) is 12.6 Å². The lowest BCUT2D eigenvalue weighted by Crippen LogP contribution is -2.73. The molecular formula is C15H19N3O2. The average molecular weight is 273 g/mol. The molecule has 1 aromatic rings. The first kappa shape index (κ1) is 13.1. The summed E-state index contributed by atoms with van der Waals surface area (Å²) in [6.07, 6.45) is 0. The minimum atomic E-state index is -0.717. The lowest BCUT2D eigenvalue weighted by molar-refractivity contribution is -0.167. The van der Waals surface area contributed by atoms with Crippen LogP contribution in [-0.2, 0) is 16.1 Å². The van der Waals surface area contributed by atoms with Gasteiger partial charge in [0.15, 0.2) is 0 Å². The van der Waals surface area contributed by atoms with E-state index in [1.165, 1.54) is 0 Å². The fraction of sp³-hybridized carbons (Fsp3) is 0.467. The van der Waals surface area contributed by atoms with E-state index in [4.69, 9.17) is 5.73 Å². The SMILES string of the molecule is CC1[C@H](N)C(=O)N(C)C12CN(Cc1ccccc1)C2=O. The minimum absolute atomic E-state index is 0.0117. The molecule has 0 aliphatic carbocycles. The number of β-lactam (4-membered cyclic amide) rings is 1. The van der Waals surface area contributed by atoms with Crippen LogP contribution in [0.25, 0.3) is 0 Å². The molecule has 5 nitrogen and oxygen atoms in total. The lowest BCUT2D eigenvalue weighted by Gasteiger charge is -2.52. The summed E-state index contributed by atoms with van der Waals surface area (Å²) in [5, 5.41) is 0. The Morgan fingerprint density at radius 2 is 1.95 bits per heavy atom. The van der Waals surface area contributed by atoms with E-state index in [1.807, 2.05) is 37.3 Å². The van der Waals surface area contributed by atoms with E-state index >= 15 is 0 Å². The number of carbonyl (C=O) groups is 2. The number of hydrogen-bond donors (Lipinski definition) is 1. The Kier molecular flexibility index (Phi) is 2.83. The number of benzene rings is 1. The highest BCUT2D eigenvalue weighted by Crippen LogP contribution is 2.42. The monoisotopic (exact) mass is 273 g/mol. The Balaban J connectivity index is 1.78. The van der Waals surface area contributed by atoms with Crippen molar-refractivity contribution in [1.29, 1.82) is 0 Å². The average Bonchev–Trinajstić information content (AvgIpc) is 2.64. The van der Waals surface area contributed by atoms with Gasteiger partial charge in [-0.1, -0.05) is 37.3 Å². The summed E-state index contributed by atoms with van der Waals surface area (Å²) in [5.74, 6) is -0.262. The van der Waals surface area contributed by atoms with Crippen molar-refractivity contribution in [2.75, 3.05) is 13.6 Å². The zero-order valence-corrected chi connectivity index (χ0v) is 11.7. The second-order valence-electron chi connectivity index (χ2n) is 5.78. The van der Waals surface area contributed by atoms with Gasteiger partial charge < -0.3 is 15.5 Å². The number of nitrogens with zero attached hydrogens (tertiary/aromatic N) is 2. The van der Waals surface area contributed by atoms with Crippen LogP contribution in [0.15, 0.2) is 30.3 Å². The summed E-state index contributed by atoms with van der Waals surface area (Å²) >= 11 is 0. The summed E-state index contributed by atoms with van der Waals surface area (Å²) in [5.41, 5.74) is 6.28. The molecule has 2 amide bonds. The van der Waals surface area contributed by atoms with Crippen LogP contribution in [0.1, 0.15) is 12.5 Å². The van der Waals surface area contributed by atoms with E-state index < -0.39 is 11.6 Å². The number of carbonyl (C=O) groups excluding carboxylic acids is 2. The summed E-state index contributed by atoms with van der Waals surface area (Å²) in [6, 6.07) is 9.29. The predicted molar refractivity (Wildman–Crippen MR) is 74.5 cm³/mol. The molecule has 2 saturated heterocycles. The van der Waals surface area contributed by atoms with Crippen molar-refractivity contribution in [3.8, 4) is 0 Å². The van der Waals surface area contributed by atoms with E-state index in [2.05, 4.69) is 0 Å². The van der Waals surface area contributed by atoms with Crippen LogP contribution in [0.2, 0.25) is 0 Å². The number of amides is 2. The number of hydrogen-bond acceptors (Lipinski definition) is 3. The van der Waals surface area contributed by atoms with Gasteiger partial charge in [-0.3, -0.25) is 9.59 Å². The van der Waals surface area contributed by atoms with Crippen LogP contribution in [0.5, 0.6) is 0 Å². The molecule has 2 N–H and O–H groups in total. The third kappa shape index (κ3) is 1.53. The largest absolute Gasteiger partial charge is 0.333 e. The maximum absolute atomic E-state index is 12.6. The molecule has 1 spiro atoms. The number of likely N-dealkylation sites (tertiary alicyclic amines) is 2. The molecule has 0 saturated carbocycles. The van der Waals surface area contributed by atoms with Crippen LogP contribution < -0.4 is 5.73 Å². The van der Waals surface area contributed by atoms with E-state index in [9.17, 15) is 9.59 Å². The molecule has 5 heteroatoms. The molecule has 2 aliphatic heterocycles. The normalized spacial score (nSPS) is 33.0. The zero-order valence-electron chi connectivity index (χ0n) is 11.7. The van der Waals surface area contributed by atoms with Gasteiger partial charge in [-0.05, 0) is 5.56 Å². The molecule has 2 unspecified atom stereocenters. The third-order valence-corrected chi connectivity index (χ3v) is 4.81. The Morgan fingerprint density at radius 3 is 2.45 bits per heavy atom. The van der Waals surface area contributed by atoms with Crippen LogP contribution in [-0.4, -0.2) is 46.8 Å². The second kappa shape index (κ2) is 4.31. The zero-order chi connectivity index (χ0) is 14.5. The highest BCUT2D eigenvalue weighted by molar-refractivity contribution is 6.01. The number of likely N-dealkylation sites (N-methyl/N-ethyl adjacent to an activating group) is 1. The third-order valence-electron chi connectivity index (χ3n) is 4.81. The van der Waals surface area contributed by atoms with E-state index in [1.54, 1.807) is 16.8 Å². The standard InChI is InChI=1S/C15H19N3O2/c1-10-12(16)13(19)17(2)15(10)9-18(14(15)20)8-11-6-4-3-5-7-11/h3-7,10,12H,8-9,16H2,1-2H3/t10?,12-,15?/m0/s1. The minimum Gasteiger partial charge on any atom is -0.333 e. The van der Waals surface area contributed by atoms with Gasteiger partial charge in [-0.15, -0.1) is 0 Å². The van der Waals surface area contributed by atoms with Gasteiger partial charge in [0, 0.05) is 19.5 Å². The van der Waals surface area contributed by atoms with E-state index in [0.717, 1.165) is 5.56 Å². The van der Waals surface area contributed by atoms with Crippen molar-refractivity contribution >= 4 is 11.8 Å². The molecule has 0 radical (unpaired) electrons. The maximum atomic E-state index is 12.6. The van der Waals surface area contributed by atoms with Crippen molar-refractivity contribution in [3.63, 3.8) is 0 Å². The molecule has 20 heavy (non-hydrogen) atoms. The Hall–Kier alpha value is -1.88. The summed E-state index contributed by atoms with van der Waals surface area (Å²) in [7, 11) is 1.68. The van der Waals surface area contributed by atoms with Crippen LogP contribution in [0, 0.1) is 5.92 Å². The Morgan fingerprint density at radius 1 is 1.30 bits per heavy atom. The lowest BCUT2D eigenvalue weighted by atomic mass is 9.76. The van der Waals surface area contributed by atoms with Crippen molar-refractivity contribution in [3.05, 3.63) is 35.9 Å². The van der Waals surface area contributed by atoms with Crippen LogP contribution in [0.3, 0.4) is 0 Å². The molecular weight excluding hydrogens is 254 g/mol. The molecule has 106 valence electrons. The van der Waals surface area contributed by atoms with Gasteiger partial charge in [-0.25, -0.2) is 0 Å². The second-order valence-corrected chi connectivity index (χ2v) is 5.78. The first-order valence-corrected chi connectivity index (χ1v) is 6.85. The first-order chi connectivity index (χ1) is 9.48.